The van der Waals surface area contributed by atoms with Gasteiger partial charge in [0, 0.05) is 11.1 Å². The highest BCUT2D eigenvalue weighted by Crippen LogP contribution is 2.22. The summed E-state index contributed by atoms with van der Waals surface area (Å²) in [5.41, 5.74) is 2.07. The second kappa shape index (κ2) is 20.6. The van der Waals surface area contributed by atoms with Gasteiger partial charge in [-0.2, -0.15) is 0 Å². The van der Waals surface area contributed by atoms with Gasteiger partial charge in [0.2, 0.25) is 0 Å². The van der Waals surface area contributed by atoms with Gasteiger partial charge in [0.05, 0.1) is 13.7 Å². The van der Waals surface area contributed by atoms with Crippen LogP contribution in [0.25, 0.3) is 0 Å². The summed E-state index contributed by atoms with van der Waals surface area (Å²) >= 11 is 5.77. The second-order valence-corrected chi connectivity index (χ2v) is 4.89. The van der Waals surface area contributed by atoms with Crippen molar-refractivity contribution >= 4 is 11.6 Å². The van der Waals surface area contributed by atoms with E-state index >= 15 is 0 Å². The molecular weight excluding hydrogens is 363 g/mol. The number of rotatable bonds is 3. The fourth-order valence-electron chi connectivity index (χ4n) is 1.68. The van der Waals surface area contributed by atoms with E-state index in [1.165, 1.54) is 19.2 Å². The Labute approximate surface area is 171 Å². The summed E-state index contributed by atoms with van der Waals surface area (Å²) in [4.78, 5) is 0. The smallest absolute Gasteiger partial charge is 0.126 e. The Hall–Kier alpha value is -1.74. The van der Waals surface area contributed by atoms with Crippen LogP contribution in [0.3, 0.4) is 0 Å². The average molecular weight is 401 g/mol. The summed E-state index contributed by atoms with van der Waals surface area (Å²) in [6.45, 7) is 18.5. The van der Waals surface area contributed by atoms with E-state index in [9.17, 15) is 4.39 Å². The maximum absolute atomic E-state index is 12.5. The van der Waals surface area contributed by atoms with Gasteiger partial charge in [-0.3, -0.25) is 0 Å². The van der Waals surface area contributed by atoms with Crippen molar-refractivity contribution in [2.45, 2.75) is 62.3 Å². The van der Waals surface area contributed by atoms with Gasteiger partial charge in [-0.1, -0.05) is 65.3 Å². The number of aryl methyl sites for hydroxylation is 2. The molecule has 4 heteroatoms. The monoisotopic (exact) mass is 400 g/mol. The van der Waals surface area contributed by atoms with Gasteiger partial charge in [-0.05, 0) is 50.1 Å². The van der Waals surface area contributed by atoms with Crippen LogP contribution in [0.15, 0.2) is 36.4 Å². The zero-order valence-corrected chi connectivity index (χ0v) is 19.5. The highest BCUT2D eigenvalue weighted by molar-refractivity contribution is 6.30. The van der Waals surface area contributed by atoms with E-state index < -0.39 is 0 Å². The molecule has 0 bridgehead atoms. The van der Waals surface area contributed by atoms with Crippen LogP contribution in [-0.2, 0) is 0 Å². The lowest BCUT2D eigenvalue weighted by Crippen LogP contribution is -1.93. The predicted octanol–water partition coefficient (Wildman–Crippen LogP) is 8.27. The highest BCUT2D eigenvalue weighted by atomic mass is 35.5. The fourth-order valence-corrected chi connectivity index (χ4v) is 1.84. The minimum absolute atomic E-state index is 0.262. The number of benzene rings is 2. The third-order valence-corrected chi connectivity index (χ3v) is 3.06. The zero-order valence-electron chi connectivity index (χ0n) is 18.7. The Kier molecular flexibility index (Phi) is 22.9. The molecule has 0 saturated heterocycles. The van der Waals surface area contributed by atoms with E-state index in [0.717, 1.165) is 21.9 Å². The first kappa shape index (κ1) is 30.0. The molecule has 0 atom stereocenters. The van der Waals surface area contributed by atoms with Gasteiger partial charge in [0.15, 0.2) is 0 Å². The molecule has 156 valence electrons. The summed E-state index contributed by atoms with van der Waals surface area (Å²) in [5.74, 6) is 1.21. The molecule has 2 rings (SSSR count). The minimum atomic E-state index is -0.262. The van der Waals surface area contributed by atoms with E-state index in [1.54, 1.807) is 6.07 Å². The van der Waals surface area contributed by atoms with Crippen molar-refractivity contribution in [3.63, 3.8) is 0 Å². The SMILES string of the molecule is CC.CC.CC.CCOc1cc(Cl)ccc1C.COc1cc(F)ccc1C. The maximum atomic E-state index is 12.5. The van der Waals surface area contributed by atoms with Gasteiger partial charge in [0.1, 0.15) is 17.3 Å². The van der Waals surface area contributed by atoms with Crippen LogP contribution < -0.4 is 9.47 Å². The number of methoxy groups -OCH3 is 1. The molecule has 0 aliphatic carbocycles. The van der Waals surface area contributed by atoms with Gasteiger partial charge < -0.3 is 9.47 Å². The largest absolute Gasteiger partial charge is 0.496 e. The molecule has 0 N–H and O–H groups in total. The van der Waals surface area contributed by atoms with Crippen molar-refractivity contribution in [2.24, 2.45) is 0 Å². The van der Waals surface area contributed by atoms with Gasteiger partial charge in [-0.25, -0.2) is 4.39 Å². The number of ether oxygens (including phenoxy) is 2. The highest BCUT2D eigenvalue weighted by Gasteiger charge is 1.98. The molecular formula is C23H38ClFO2. The second-order valence-electron chi connectivity index (χ2n) is 4.46. The van der Waals surface area contributed by atoms with E-state index in [2.05, 4.69) is 0 Å². The molecule has 0 amide bonds. The third-order valence-electron chi connectivity index (χ3n) is 2.82. The van der Waals surface area contributed by atoms with Gasteiger partial charge >= 0.3 is 0 Å². The van der Waals surface area contributed by atoms with Crippen molar-refractivity contribution in [3.05, 3.63) is 58.4 Å². The third kappa shape index (κ3) is 14.0. The van der Waals surface area contributed by atoms with Crippen molar-refractivity contribution < 1.29 is 13.9 Å². The predicted molar refractivity (Wildman–Crippen MR) is 119 cm³/mol. The standard InChI is InChI=1S/C9H11ClO.C8H9FO.3C2H6/c1-3-11-9-6-8(10)5-4-7(9)2;1-6-3-4-7(9)5-8(6)10-2;3*1-2/h4-6H,3H2,1-2H3;3-5H,1-2H3;3*1-2H3. The summed E-state index contributed by atoms with van der Waals surface area (Å²) in [7, 11) is 1.53. The zero-order chi connectivity index (χ0) is 21.8. The summed E-state index contributed by atoms with van der Waals surface area (Å²) < 4.78 is 22.7. The topological polar surface area (TPSA) is 18.5 Å². The van der Waals surface area contributed by atoms with Crippen molar-refractivity contribution in [1.29, 1.82) is 0 Å². The first-order valence-electron chi connectivity index (χ1n) is 9.67. The molecule has 2 nitrogen and oxygen atoms in total. The Morgan fingerprint density at radius 1 is 0.815 bits per heavy atom. The fraction of sp³-hybridized carbons (Fsp3) is 0.478. The van der Waals surface area contributed by atoms with Crippen LogP contribution in [0, 0.1) is 19.7 Å². The summed E-state index contributed by atoms with van der Waals surface area (Å²) in [6, 6.07) is 10.1. The van der Waals surface area contributed by atoms with Crippen molar-refractivity contribution in [1.82, 2.24) is 0 Å². The minimum Gasteiger partial charge on any atom is -0.496 e. The quantitative estimate of drug-likeness (QED) is 0.516. The molecule has 0 spiro atoms. The number of hydrogen-bond acceptors (Lipinski definition) is 2. The molecule has 0 fully saturated rings. The molecule has 0 heterocycles. The van der Waals surface area contributed by atoms with E-state index in [4.69, 9.17) is 21.1 Å². The molecule has 2 aromatic rings. The first-order valence-corrected chi connectivity index (χ1v) is 10.0. The Morgan fingerprint density at radius 3 is 1.74 bits per heavy atom. The van der Waals surface area contributed by atoms with E-state index in [-0.39, 0.29) is 5.82 Å². The number of halogens is 2. The van der Waals surface area contributed by atoms with Crippen LogP contribution in [0.2, 0.25) is 5.02 Å². The normalized spacial score (nSPS) is 8.15. The summed E-state index contributed by atoms with van der Waals surface area (Å²) in [6.07, 6.45) is 0. The Morgan fingerprint density at radius 2 is 1.30 bits per heavy atom. The number of hydrogen-bond donors (Lipinski definition) is 0. The first-order chi connectivity index (χ1) is 13.0. The molecule has 2 aromatic carbocycles. The van der Waals surface area contributed by atoms with Crippen molar-refractivity contribution in [3.8, 4) is 11.5 Å². The van der Waals surface area contributed by atoms with Crippen LogP contribution in [0.1, 0.15) is 59.6 Å². The molecule has 0 radical (unpaired) electrons. The van der Waals surface area contributed by atoms with Crippen LogP contribution in [0.5, 0.6) is 11.5 Å². The molecule has 0 saturated carbocycles. The van der Waals surface area contributed by atoms with Crippen LogP contribution >= 0.6 is 11.6 Å². The van der Waals surface area contributed by atoms with E-state index in [0.29, 0.717) is 12.4 Å². The van der Waals surface area contributed by atoms with E-state index in [1.807, 2.05) is 80.5 Å². The van der Waals surface area contributed by atoms with Gasteiger partial charge in [-0.15, -0.1) is 0 Å². The lowest BCUT2D eigenvalue weighted by Gasteiger charge is -2.05. The summed E-state index contributed by atoms with van der Waals surface area (Å²) in [5, 5.41) is 0.721. The average Bonchev–Trinajstić information content (AvgIpc) is 2.72. The maximum Gasteiger partial charge on any atom is 0.126 e. The van der Waals surface area contributed by atoms with Crippen LogP contribution in [0.4, 0.5) is 4.39 Å². The molecule has 0 aliphatic rings. The van der Waals surface area contributed by atoms with Gasteiger partial charge in [0.25, 0.3) is 0 Å². The van der Waals surface area contributed by atoms with Crippen LogP contribution in [-0.4, -0.2) is 13.7 Å². The van der Waals surface area contributed by atoms with Crippen molar-refractivity contribution in [2.75, 3.05) is 13.7 Å². The Bertz CT molecular complexity index is 587. The molecule has 0 aromatic heterocycles. The molecule has 27 heavy (non-hydrogen) atoms. The molecule has 0 unspecified atom stereocenters. The lowest BCUT2D eigenvalue weighted by atomic mass is 10.2. The molecule has 0 aliphatic heterocycles. The Balaban J connectivity index is -0.000000335. The lowest BCUT2D eigenvalue weighted by molar-refractivity contribution is 0.338.